The zero-order valence-corrected chi connectivity index (χ0v) is 15.1. The number of hydrogen-bond donors (Lipinski definition) is 2. The summed E-state index contributed by atoms with van der Waals surface area (Å²) in [6.45, 7) is 3.01. The maximum absolute atomic E-state index is 12.0. The smallest absolute Gasteiger partial charge is 0.237 e. The van der Waals surface area contributed by atoms with E-state index in [4.69, 9.17) is 10.5 Å². The minimum atomic E-state index is -3.12. The normalized spacial score (nSPS) is 15.8. The van der Waals surface area contributed by atoms with Gasteiger partial charge in [0, 0.05) is 18.4 Å². The van der Waals surface area contributed by atoms with E-state index in [2.05, 4.69) is 5.32 Å². The van der Waals surface area contributed by atoms with Crippen molar-refractivity contribution in [1.82, 2.24) is 5.32 Å². The van der Waals surface area contributed by atoms with Gasteiger partial charge in [0.05, 0.1) is 18.4 Å². The van der Waals surface area contributed by atoms with Crippen LogP contribution in [0.15, 0.2) is 18.2 Å². The molecule has 0 aromatic heterocycles. The number of nitrogens with one attached hydrogen (secondary N) is 1. The van der Waals surface area contributed by atoms with Crippen LogP contribution in [0.1, 0.15) is 30.4 Å². The lowest BCUT2D eigenvalue weighted by molar-refractivity contribution is -0.122. The van der Waals surface area contributed by atoms with Gasteiger partial charge in [0.1, 0.15) is 15.6 Å². The van der Waals surface area contributed by atoms with Gasteiger partial charge in [-0.2, -0.15) is 0 Å². The zero-order chi connectivity index (χ0) is 17.7. The molecule has 6 nitrogen and oxygen atoms in total. The molecule has 7 heteroatoms. The number of nitrogens with two attached hydrogens (primary N) is 1. The number of amides is 1. The van der Waals surface area contributed by atoms with Crippen molar-refractivity contribution in [3.05, 3.63) is 29.3 Å². The van der Waals surface area contributed by atoms with Crippen molar-refractivity contribution in [3.8, 4) is 5.75 Å². The number of aryl methyl sites for hydroxylation is 1. The molecule has 1 amide bonds. The van der Waals surface area contributed by atoms with Crippen LogP contribution in [0.4, 0.5) is 0 Å². The highest BCUT2D eigenvalue weighted by atomic mass is 32.2. The summed E-state index contributed by atoms with van der Waals surface area (Å²) in [7, 11) is -3.12. The van der Waals surface area contributed by atoms with Crippen molar-refractivity contribution in [2.75, 3.05) is 18.6 Å². The molecule has 0 bridgehead atoms. The number of benzene rings is 1. The maximum atomic E-state index is 12.0. The lowest BCUT2D eigenvalue weighted by atomic mass is 10.1. The minimum absolute atomic E-state index is 0.0954. The number of hydrogen-bond acceptors (Lipinski definition) is 5. The van der Waals surface area contributed by atoms with Crippen LogP contribution in [0, 0.1) is 12.8 Å². The Morgan fingerprint density at radius 3 is 2.75 bits per heavy atom. The molecule has 1 aromatic carbocycles. The summed E-state index contributed by atoms with van der Waals surface area (Å²) >= 11 is 0. The Morgan fingerprint density at radius 2 is 2.12 bits per heavy atom. The van der Waals surface area contributed by atoms with Crippen LogP contribution >= 0.6 is 0 Å². The highest BCUT2D eigenvalue weighted by molar-refractivity contribution is 7.90. The summed E-state index contributed by atoms with van der Waals surface area (Å²) in [5.74, 6) is 0.985. The standard InChI is InChI=1S/C17H26N2O4S/c1-12-3-6-14(16(9-12)23-11-13-4-5-13)10-19-17(20)15(18)7-8-24(2,21)22/h3,6,9,13,15H,4-5,7-8,10-11,18H2,1-2H3,(H,19,20). The third-order valence-electron chi connectivity index (χ3n) is 3.98. The van der Waals surface area contributed by atoms with Crippen LogP contribution in [0.5, 0.6) is 5.75 Å². The van der Waals surface area contributed by atoms with Crippen molar-refractivity contribution >= 4 is 15.7 Å². The first-order valence-electron chi connectivity index (χ1n) is 8.18. The zero-order valence-electron chi connectivity index (χ0n) is 14.2. The summed E-state index contributed by atoms with van der Waals surface area (Å²) < 4.78 is 28.1. The van der Waals surface area contributed by atoms with Crippen LogP contribution in [0.3, 0.4) is 0 Å². The van der Waals surface area contributed by atoms with Crippen molar-refractivity contribution in [1.29, 1.82) is 0 Å². The van der Waals surface area contributed by atoms with Crippen molar-refractivity contribution in [2.45, 2.75) is 38.8 Å². The van der Waals surface area contributed by atoms with Gasteiger partial charge in [-0.25, -0.2) is 8.42 Å². The molecular formula is C17H26N2O4S. The van der Waals surface area contributed by atoms with Gasteiger partial charge in [-0.05, 0) is 43.7 Å². The molecule has 0 aliphatic heterocycles. The molecule has 1 atom stereocenters. The first-order chi connectivity index (χ1) is 11.2. The summed E-state index contributed by atoms with van der Waals surface area (Å²) in [6, 6.07) is 5.03. The third-order valence-corrected chi connectivity index (χ3v) is 4.96. The Labute approximate surface area is 143 Å². The van der Waals surface area contributed by atoms with Gasteiger partial charge < -0.3 is 15.8 Å². The molecule has 1 fully saturated rings. The van der Waals surface area contributed by atoms with E-state index in [0.29, 0.717) is 19.1 Å². The predicted molar refractivity (Wildman–Crippen MR) is 93.5 cm³/mol. The minimum Gasteiger partial charge on any atom is -0.493 e. The third kappa shape index (κ3) is 6.49. The maximum Gasteiger partial charge on any atom is 0.237 e. The highest BCUT2D eigenvalue weighted by Crippen LogP contribution is 2.30. The first kappa shape index (κ1) is 18.7. The molecule has 0 spiro atoms. The second kappa shape index (κ2) is 7.98. The lowest BCUT2D eigenvalue weighted by Crippen LogP contribution is -2.41. The van der Waals surface area contributed by atoms with Gasteiger partial charge in [0.15, 0.2) is 0 Å². The van der Waals surface area contributed by atoms with Crippen LogP contribution in [0.2, 0.25) is 0 Å². The van der Waals surface area contributed by atoms with Gasteiger partial charge in [0.25, 0.3) is 0 Å². The molecule has 134 valence electrons. The Hall–Kier alpha value is -1.60. The number of ether oxygens (including phenoxy) is 1. The fraction of sp³-hybridized carbons (Fsp3) is 0.588. The van der Waals surface area contributed by atoms with E-state index < -0.39 is 15.9 Å². The molecule has 1 aliphatic carbocycles. The lowest BCUT2D eigenvalue weighted by Gasteiger charge is -2.15. The number of rotatable bonds is 9. The largest absolute Gasteiger partial charge is 0.493 e. The first-order valence-corrected chi connectivity index (χ1v) is 10.2. The van der Waals surface area contributed by atoms with Gasteiger partial charge in [0.2, 0.25) is 5.91 Å². The monoisotopic (exact) mass is 354 g/mol. The quantitative estimate of drug-likeness (QED) is 0.693. The van der Waals surface area contributed by atoms with Gasteiger partial charge in [-0.1, -0.05) is 12.1 Å². The second-order valence-corrected chi connectivity index (χ2v) is 8.87. The summed E-state index contributed by atoms with van der Waals surface area (Å²) in [6.07, 6.45) is 3.68. The second-order valence-electron chi connectivity index (χ2n) is 6.61. The van der Waals surface area contributed by atoms with E-state index in [1.54, 1.807) is 0 Å². The molecule has 1 saturated carbocycles. The van der Waals surface area contributed by atoms with E-state index in [0.717, 1.165) is 23.1 Å². The molecular weight excluding hydrogens is 328 g/mol. The van der Waals surface area contributed by atoms with Crippen LogP contribution in [-0.2, 0) is 21.2 Å². The Bertz CT molecular complexity index is 684. The van der Waals surface area contributed by atoms with Gasteiger partial charge >= 0.3 is 0 Å². The summed E-state index contributed by atoms with van der Waals surface area (Å²) in [4.78, 5) is 12.0. The Morgan fingerprint density at radius 1 is 1.42 bits per heavy atom. The molecule has 3 N–H and O–H groups in total. The van der Waals surface area contributed by atoms with Crippen molar-refractivity contribution < 1.29 is 17.9 Å². The SMILES string of the molecule is Cc1ccc(CNC(=O)C(N)CCS(C)(=O)=O)c(OCC2CC2)c1. The fourth-order valence-corrected chi connectivity index (χ4v) is 2.90. The van der Waals surface area contributed by atoms with Crippen molar-refractivity contribution in [2.24, 2.45) is 11.7 Å². The van der Waals surface area contributed by atoms with E-state index in [9.17, 15) is 13.2 Å². The fourth-order valence-electron chi connectivity index (χ4n) is 2.22. The van der Waals surface area contributed by atoms with Gasteiger partial charge in [-0.15, -0.1) is 0 Å². The molecule has 24 heavy (non-hydrogen) atoms. The topological polar surface area (TPSA) is 98.5 Å². The average molecular weight is 354 g/mol. The number of carbonyl (C=O) groups excluding carboxylic acids is 1. The predicted octanol–water partition coefficient (Wildman–Crippen LogP) is 1.16. The average Bonchev–Trinajstić information content (AvgIpc) is 3.32. The van der Waals surface area contributed by atoms with E-state index in [1.165, 1.54) is 12.8 Å². The molecule has 1 aliphatic rings. The van der Waals surface area contributed by atoms with Gasteiger partial charge in [-0.3, -0.25) is 4.79 Å². The Balaban J connectivity index is 1.88. The van der Waals surface area contributed by atoms with Crippen LogP contribution in [0.25, 0.3) is 0 Å². The van der Waals surface area contributed by atoms with Crippen LogP contribution in [-0.4, -0.2) is 39.0 Å². The van der Waals surface area contributed by atoms with E-state index in [1.807, 2.05) is 25.1 Å². The summed E-state index contributed by atoms with van der Waals surface area (Å²) in [5.41, 5.74) is 7.74. The molecule has 1 unspecified atom stereocenters. The number of carbonyl (C=O) groups is 1. The Kier molecular flexibility index (Phi) is 6.23. The van der Waals surface area contributed by atoms with E-state index >= 15 is 0 Å². The highest BCUT2D eigenvalue weighted by Gasteiger charge is 2.22. The summed E-state index contributed by atoms with van der Waals surface area (Å²) in [5, 5.41) is 2.76. The van der Waals surface area contributed by atoms with E-state index in [-0.39, 0.29) is 18.1 Å². The molecule has 0 radical (unpaired) electrons. The molecule has 1 aromatic rings. The number of sulfone groups is 1. The van der Waals surface area contributed by atoms with Crippen molar-refractivity contribution in [3.63, 3.8) is 0 Å². The molecule has 0 saturated heterocycles. The van der Waals surface area contributed by atoms with Crippen LogP contribution < -0.4 is 15.8 Å². The molecule has 0 heterocycles. The molecule has 2 rings (SSSR count).